The summed E-state index contributed by atoms with van der Waals surface area (Å²) in [5.41, 5.74) is 1.11. The van der Waals surface area contributed by atoms with E-state index in [-0.39, 0.29) is 38.0 Å². The van der Waals surface area contributed by atoms with Gasteiger partial charge in [0.05, 0.1) is 38.1 Å². The molecule has 1 aromatic rings. The van der Waals surface area contributed by atoms with Crippen LogP contribution in [0.3, 0.4) is 0 Å². The van der Waals surface area contributed by atoms with Gasteiger partial charge in [0.15, 0.2) is 0 Å². The molecule has 0 saturated carbocycles. The van der Waals surface area contributed by atoms with Crippen LogP contribution in [0.5, 0.6) is 0 Å². The molecule has 0 spiro atoms. The van der Waals surface area contributed by atoms with Crippen LogP contribution >= 0.6 is 0 Å². The molecule has 298 valence electrons. The van der Waals surface area contributed by atoms with Gasteiger partial charge < -0.3 is 40.3 Å². The Kier molecular flexibility index (Phi) is 28.6. The second kappa shape index (κ2) is 30.8. The number of benzene rings is 1. The van der Waals surface area contributed by atoms with Crippen molar-refractivity contribution in [3.63, 3.8) is 0 Å². The summed E-state index contributed by atoms with van der Waals surface area (Å²) in [6.45, 7) is 5.97. The van der Waals surface area contributed by atoms with E-state index in [0.29, 0.717) is 19.4 Å². The monoisotopic (exact) mass is 728 g/mol. The van der Waals surface area contributed by atoms with E-state index in [1.165, 1.54) is 69.9 Å². The third-order valence-corrected chi connectivity index (χ3v) is 9.79. The summed E-state index contributed by atoms with van der Waals surface area (Å²) in [6, 6.07) is 5.65. The first-order valence-corrected chi connectivity index (χ1v) is 20.2. The molecule has 0 fully saturated rings. The first-order chi connectivity index (χ1) is 24.6. The maximum absolute atomic E-state index is 13.1. The van der Waals surface area contributed by atoms with E-state index >= 15 is 0 Å². The zero-order valence-corrected chi connectivity index (χ0v) is 32.2. The number of aryl methyl sites for hydroxylation is 1. The van der Waals surface area contributed by atoms with Crippen molar-refractivity contribution in [1.82, 2.24) is 5.32 Å². The van der Waals surface area contributed by atoms with Crippen LogP contribution in [0.25, 0.3) is 0 Å². The molecule has 0 aliphatic rings. The number of aliphatic hydroxyl groups excluding tert-OH is 5. The number of carbonyl (C=O) groups is 1. The van der Waals surface area contributed by atoms with E-state index < -0.39 is 42.5 Å². The Labute approximate surface area is 308 Å². The standard InChI is InChI=1S/C41H74FNO8/c1-4-6-7-8-9-10-11-12-13-14-17-20-23-36(44)40(48)35(30-51-31-37(45)41(49)39(47)32(3)29-50-5-2)43-38(46)24-21-18-15-16-19-22-33-25-27-34(42)28-26-33/h25-28,32,35-37,39-41,44-45,47-49H,4-24,29-31H2,1-3H3,(H,43,46)/t32-,35+,36-,37-,39+,40+,41-/m1/s1. The van der Waals surface area contributed by atoms with Gasteiger partial charge in [-0.3, -0.25) is 4.79 Å². The molecule has 6 N–H and O–H groups in total. The number of hydrogen-bond acceptors (Lipinski definition) is 8. The largest absolute Gasteiger partial charge is 0.390 e. The smallest absolute Gasteiger partial charge is 0.220 e. The predicted molar refractivity (Wildman–Crippen MR) is 202 cm³/mol. The maximum Gasteiger partial charge on any atom is 0.220 e. The molecule has 0 aromatic heterocycles. The van der Waals surface area contributed by atoms with Gasteiger partial charge in [-0.25, -0.2) is 4.39 Å². The predicted octanol–water partition coefficient (Wildman–Crippen LogP) is 6.78. The molecule has 0 bridgehead atoms. The fourth-order valence-corrected chi connectivity index (χ4v) is 6.31. The molecular formula is C41H74FNO8. The molecule has 0 radical (unpaired) electrons. The third-order valence-electron chi connectivity index (χ3n) is 9.79. The molecular weight excluding hydrogens is 653 g/mol. The number of unbranched alkanes of at least 4 members (excludes halogenated alkanes) is 15. The number of hydrogen-bond donors (Lipinski definition) is 6. The molecule has 51 heavy (non-hydrogen) atoms. The Morgan fingerprint density at radius 3 is 1.78 bits per heavy atom. The van der Waals surface area contributed by atoms with Crippen molar-refractivity contribution in [2.45, 2.75) is 186 Å². The van der Waals surface area contributed by atoms with Gasteiger partial charge in [0.25, 0.3) is 0 Å². The quantitative estimate of drug-likeness (QED) is 0.0426. The number of nitrogens with one attached hydrogen (secondary N) is 1. The number of ether oxygens (including phenoxy) is 2. The molecule has 7 atom stereocenters. The number of halogens is 1. The summed E-state index contributed by atoms with van der Waals surface area (Å²) < 4.78 is 24.0. The first-order valence-electron chi connectivity index (χ1n) is 20.2. The Morgan fingerprint density at radius 2 is 1.20 bits per heavy atom. The second-order valence-electron chi connectivity index (χ2n) is 14.5. The minimum atomic E-state index is -1.47. The molecule has 1 aromatic carbocycles. The lowest BCUT2D eigenvalue weighted by molar-refractivity contribution is -0.127. The van der Waals surface area contributed by atoms with Gasteiger partial charge in [-0.05, 0) is 50.3 Å². The van der Waals surface area contributed by atoms with Crippen molar-refractivity contribution in [2.75, 3.05) is 26.4 Å². The average molecular weight is 728 g/mol. The van der Waals surface area contributed by atoms with Gasteiger partial charge >= 0.3 is 0 Å². The van der Waals surface area contributed by atoms with E-state index in [2.05, 4.69) is 12.2 Å². The fraction of sp³-hybridized carbons (Fsp3) is 0.829. The van der Waals surface area contributed by atoms with Crippen molar-refractivity contribution < 1.29 is 44.2 Å². The van der Waals surface area contributed by atoms with Crippen LogP contribution in [-0.4, -0.2) is 94.4 Å². The minimum Gasteiger partial charge on any atom is -0.390 e. The maximum atomic E-state index is 13.1. The van der Waals surface area contributed by atoms with Gasteiger partial charge in [0.1, 0.15) is 24.1 Å². The Morgan fingerprint density at radius 1 is 0.647 bits per heavy atom. The average Bonchev–Trinajstić information content (AvgIpc) is 3.12. The fourth-order valence-electron chi connectivity index (χ4n) is 6.31. The SMILES string of the molecule is CCCCCCCCCCCCCC[C@@H](O)[C@@H](O)[C@H](COC[C@@H](O)[C@@H](O)[C@@H](O)[C@H](C)COCC)NC(=O)CCCCCCCc1ccc(F)cc1. The highest BCUT2D eigenvalue weighted by Gasteiger charge is 2.31. The number of aliphatic hydroxyl groups is 5. The molecule has 10 heteroatoms. The highest BCUT2D eigenvalue weighted by Crippen LogP contribution is 2.17. The van der Waals surface area contributed by atoms with E-state index in [1.807, 2.05) is 6.92 Å². The highest BCUT2D eigenvalue weighted by atomic mass is 19.1. The normalized spacial score (nSPS) is 15.9. The van der Waals surface area contributed by atoms with E-state index in [9.17, 15) is 34.7 Å². The van der Waals surface area contributed by atoms with Gasteiger partial charge in [-0.15, -0.1) is 0 Å². The molecule has 0 saturated heterocycles. The number of amides is 1. The van der Waals surface area contributed by atoms with Gasteiger partial charge in [0, 0.05) is 18.9 Å². The Hall–Kier alpha value is -1.66. The molecule has 0 heterocycles. The van der Waals surface area contributed by atoms with Crippen LogP contribution in [-0.2, 0) is 20.7 Å². The minimum absolute atomic E-state index is 0.180. The zero-order valence-electron chi connectivity index (χ0n) is 32.2. The Bertz CT molecular complexity index is 954. The van der Waals surface area contributed by atoms with Gasteiger partial charge in [-0.2, -0.15) is 0 Å². The van der Waals surface area contributed by atoms with Crippen molar-refractivity contribution in [2.24, 2.45) is 5.92 Å². The lowest BCUT2D eigenvalue weighted by atomic mass is 9.97. The topological polar surface area (TPSA) is 149 Å². The van der Waals surface area contributed by atoms with E-state index in [4.69, 9.17) is 9.47 Å². The van der Waals surface area contributed by atoms with Gasteiger partial charge in [0.2, 0.25) is 5.91 Å². The van der Waals surface area contributed by atoms with E-state index in [1.54, 1.807) is 19.1 Å². The number of rotatable bonds is 34. The van der Waals surface area contributed by atoms with Crippen LogP contribution < -0.4 is 5.32 Å². The second-order valence-corrected chi connectivity index (χ2v) is 14.5. The van der Waals surface area contributed by atoms with Crippen LogP contribution in [0, 0.1) is 11.7 Å². The van der Waals surface area contributed by atoms with E-state index in [0.717, 1.165) is 56.9 Å². The summed E-state index contributed by atoms with van der Waals surface area (Å²) in [6.07, 6.45) is 14.0. The van der Waals surface area contributed by atoms with Crippen molar-refractivity contribution >= 4 is 5.91 Å². The summed E-state index contributed by atoms with van der Waals surface area (Å²) in [4.78, 5) is 12.9. The summed E-state index contributed by atoms with van der Waals surface area (Å²) in [7, 11) is 0. The molecule has 9 nitrogen and oxygen atoms in total. The summed E-state index contributed by atoms with van der Waals surface area (Å²) in [5, 5.41) is 56.1. The van der Waals surface area contributed by atoms with Crippen LogP contribution in [0.1, 0.15) is 148 Å². The Balaban J connectivity index is 2.50. The van der Waals surface area contributed by atoms with Crippen molar-refractivity contribution in [3.8, 4) is 0 Å². The van der Waals surface area contributed by atoms with Crippen molar-refractivity contribution in [3.05, 3.63) is 35.6 Å². The lowest BCUT2D eigenvalue weighted by Crippen LogP contribution is -2.51. The van der Waals surface area contributed by atoms with Gasteiger partial charge in [-0.1, -0.05) is 122 Å². The van der Waals surface area contributed by atoms with Crippen LogP contribution in [0.15, 0.2) is 24.3 Å². The molecule has 0 unspecified atom stereocenters. The molecule has 1 amide bonds. The highest BCUT2D eigenvalue weighted by molar-refractivity contribution is 5.76. The van der Waals surface area contributed by atoms with Crippen LogP contribution in [0.4, 0.5) is 4.39 Å². The molecule has 0 aliphatic carbocycles. The lowest BCUT2D eigenvalue weighted by Gasteiger charge is -2.30. The number of carbonyl (C=O) groups excluding carboxylic acids is 1. The summed E-state index contributed by atoms with van der Waals surface area (Å²) >= 11 is 0. The molecule has 1 rings (SSSR count). The zero-order chi connectivity index (χ0) is 37.7. The van der Waals surface area contributed by atoms with Crippen molar-refractivity contribution in [1.29, 1.82) is 0 Å². The van der Waals surface area contributed by atoms with Crippen LogP contribution in [0.2, 0.25) is 0 Å². The third kappa shape index (κ3) is 23.6. The first kappa shape index (κ1) is 47.4. The molecule has 0 aliphatic heterocycles. The summed E-state index contributed by atoms with van der Waals surface area (Å²) in [5.74, 6) is -0.900.